The van der Waals surface area contributed by atoms with Crippen LogP contribution in [0.3, 0.4) is 0 Å². The minimum absolute atomic E-state index is 0.0226. The Balaban J connectivity index is 2.61. The van der Waals surface area contributed by atoms with Crippen LogP contribution < -0.4 is 0 Å². The maximum Gasteiger partial charge on any atom is 0.340 e. The van der Waals surface area contributed by atoms with Gasteiger partial charge in [0.25, 0.3) is 0 Å². The quantitative estimate of drug-likeness (QED) is 0.290. The Kier molecular flexibility index (Phi) is 7.54. The summed E-state index contributed by atoms with van der Waals surface area (Å²) in [6.07, 6.45) is 0.695. The summed E-state index contributed by atoms with van der Waals surface area (Å²) in [5.41, 5.74) is 4.29. The highest BCUT2D eigenvalue weighted by molar-refractivity contribution is 6.18. The molecular formula is C23H30FN3O3. The predicted octanol–water partition coefficient (Wildman–Crippen LogP) is 4.47. The van der Waals surface area contributed by atoms with Gasteiger partial charge in [0.05, 0.1) is 5.69 Å². The molecule has 30 heavy (non-hydrogen) atoms. The monoisotopic (exact) mass is 415 g/mol. The first-order chi connectivity index (χ1) is 14.1. The Morgan fingerprint density at radius 1 is 1.27 bits per heavy atom. The number of hydrogen-bond donors (Lipinski definition) is 0. The number of carbonyl (C=O) groups is 1. The van der Waals surface area contributed by atoms with Gasteiger partial charge in [-0.15, -0.1) is 0 Å². The van der Waals surface area contributed by atoms with Crippen LogP contribution in [0.25, 0.3) is 11.3 Å². The van der Waals surface area contributed by atoms with E-state index in [-0.39, 0.29) is 5.41 Å². The van der Waals surface area contributed by atoms with Crippen LogP contribution in [0.15, 0.2) is 35.3 Å². The Hall–Kier alpha value is -2.96. The molecule has 0 fully saturated rings. The first-order valence-electron chi connectivity index (χ1n) is 9.77. The number of rotatable bonds is 7. The second-order valence-electron chi connectivity index (χ2n) is 8.06. The summed E-state index contributed by atoms with van der Waals surface area (Å²) in [5.74, 6) is -0.547. The van der Waals surface area contributed by atoms with Crippen LogP contribution in [0, 0.1) is 6.92 Å². The summed E-state index contributed by atoms with van der Waals surface area (Å²) in [4.78, 5) is 15.6. The third-order valence-electron chi connectivity index (χ3n) is 4.49. The minimum Gasteiger partial charge on any atom is -0.452 e. The molecule has 6 nitrogen and oxygen atoms in total. The highest BCUT2D eigenvalue weighted by Gasteiger charge is 2.21. The van der Waals surface area contributed by atoms with Crippen LogP contribution in [0.4, 0.5) is 4.39 Å². The molecule has 0 bridgehead atoms. The average Bonchev–Trinajstić information content (AvgIpc) is 3.01. The van der Waals surface area contributed by atoms with E-state index in [0.29, 0.717) is 17.0 Å². The van der Waals surface area contributed by atoms with Crippen LogP contribution in [-0.2, 0) is 26.7 Å². The van der Waals surface area contributed by atoms with Gasteiger partial charge in [0.15, 0.2) is 12.4 Å². The highest BCUT2D eigenvalue weighted by atomic mass is 19.1. The van der Waals surface area contributed by atoms with E-state index in [1.807, 2.05) is 25.1 Å². The van der Waals surface area contributed by atoms with E-state index in [1.165, 1.54) is 5.56 Å². The molecule has 0 saturated heterocycles. The van der Waals surface area contributed by atoms with Gasteiger partial charge in [0.2, 0.25) is 6.29 Å². The van der Waals surface area contributed by atoms with Crippen molar-refractivity contribution in [2.75, 3.05) is 13.7 Å². The molecule has 0 saturated carbocycles. The van der Waals surface area contributed by atoms with Crippen molar-refractivity contribution >= 4 is 23.5 Å². The van der Waals surface area contributed by atoms with Gasteiger partial charge in [-0.1, -0.05) is 45.0 Å². The lowest BCUT2D eigenvalue weighted by atomic mass is 9.86. The molecule has 0 aliphatic rings. The van der Waals surface area contributed by atoms with Gasteiger partial charge in [-0.25, -0.2) is 9.18 Å². The Morgan fingerprint density at radius 2 is 1.90 bits per heavy atom. The molecule has 1 heterocycles. The van der Waals surface area contributed by atoms with Crippen molar-refractivity contribution in [2.45, 2.75) is 46.3 Å². The van der Waals surface area contributed by atoms with Gasteiger partial charge in [0.1, 0.15) is 5.69 Å². The number of alkyl halides is 1. The molecular weight excluding hydrogens is 385 g/mol. The Bertz CT molecular complexity index is 938. The number of aryl methyl sites for hydroxylation is 2. The number of nitrogens with zero attached hydrogens (tertiary/aromatic N) is 3. The fourth-order valence-corrected chi connectivity index (χ4v) is 3.03. The van der Waals surface area contributed by atoms with Gasteiger partial charge in [0, 0.05) is 32.8 Å². The summed E-state index contributed by atoms with van der Waals surface area (Å²) >= 11 is 0. The van der Waals surface area contributed by atoms with E-state index in [9.17, 15) is 9.18 Å². The normalized spacial score (nSPS) is 13.9. The summed E-state index contributed by atoms with van der Waals surface area (Å²) in [7, 11) is 3.47. The second kappa shape index (κ2) is 9.69. The molecule has 0 N–H and O–H groups in total. The summed E-state index contributed by atoms with van der Waals surface area (Å²) in [6.45, 7) is 8.66. The van der Waals surface area contributed by atoms with E-state index < -0.39 is 18.9 Å². The SMILES string of the molecule is C/N=C\C(=C(\OC(C)OC(=O)CF)c1cc(C)nn1C)c1ccc(C(C)(C)C)cc1. The third-order valence-corrected chi connectivity index (χ3v) is 4.49. The fraction of sp³-hybridized carbons (Fsp3) is 0.435. The topological polar surface area (TPSA) is 65.7 Å². The zero-order valence-corrected chi connectivity index (χ0v) is 18.7. The fourth-order valence-electron chi connectivity index (χ4n) is 3.03. The lowest BCUT2D eigenvalue weighted by molar-refractivity contribution is -0.165. The standard InChI is InChI=1S/C23H30FN3O3/c1-15-12-20(27(7)26-15)22(30-16(2)29-21(28)13-24)19(14-25-6)17-8-10-18(11-9-17)23(3,4)5/h8-12,14,16H,13H2,1-7H3/b22-19-,25-14-. The number of benzene rings is 1. The number of hydrogen-bond acceptors (Lipinski definition) is 5. The van der Waals surface area contributed by atoms with E-state index in [4.69, 9.17) is 9.47 Å². The molecule has 2 aromatic rings. The highest BCUT2D eigenvalue weighted by Crippen LogP contribution is 2.30. The van der Waals surface area contributed by atoms with Crippen LogP contribution in [0.2, 0.25) is 0 Å². The first kappa shape index (κ1) is 23.3. The third kappa shape index (κ3) is 5.78. The van der Waals surface area contributed by atoms with Crippen molar-refractivity contribution in [2.24, 2.45) is 12.0 Å². The van der Waals surface area contributed by atoms with Crippen molar-refractivity contribution < 1.29 is 18.7 Å². The molecule has 0 aliphatic carbocycles. The summed E-state index contributed by atoms with van der Waals surface area (Å²) in [5, 5.41) is 4.39. The number of allylic oxidation sites excluding steroid dienone is 1. The smallest absolute Gasteiger partial charge is 0.340 e. The van der Waals surface area contributed by atoms with Crippen LogP contribution in [0.5, 0.6) is 0 Å². The Labute approximate surface area is 177 Å². The van der Waals surface area contributed by atoms with Crippen molar-refractivity contribution in [3.63, 3.8) is 0 Å². The molecule has 1 aromatic heterocycles. The zero-order chi connectivity index (χ0) is 22.5. The number of halogens is 1. The average molecular weight is 416 g/mol. The minimum atomic E-state index is -1.21. The number of aliphatic imine (C=N–C) groups is 1. The summed E-state index contributed by atoms with van der Waals surface area (Å²) in [6, 6.07) is 10.0. The zero-order valence-electron chi connectivity index (χ0n) is 18.7. The van der Waals surface area contributed by atoms with E-state index in [0.717, 1.165) is 11.3 Å². The number of carbonyl (C=O) groups excluding carboxylic acids is 1. The summed E-state index contributed by atoms with van der Waals surface area (Å²) < 4.78 is 25.2. The maximum absolute atomic E-state index is 12.6. The predicted molar refractivity (Wildman–Crippen MR) is 117 cm³/mol. The van der Waals surface area contributed by atoms with E-state index in [2.05, 4.69) is 43.0 Å². The van der Waals surface area contributed by atoms with Crippen LogP contribution >= 0.6 is 0 Å². The van der Waals surface area contributed by atoms with Gasteiger partial charge in [-0.05, 0) is 29.5 Å². The lowest BCUT2D eigenvalue weighted by Gasteiger charge is -2.21. The van der Waals surface area contributed by atoms with E-state index >= 15 is 0 Å². The molecule has 1 unspecified atom stereocenters. The van der Waals surface area contributed by atoms with Crippen LogP contribution in [-0.4, -0.2) is 42.0 Å². The molecule has 0 spiro atoms. The van der Waals surface area contributed by atoms with Gasteiger partial charge < -0.3 is 9.47 Å². The first-order valence-corrected chi connectivity index (χ1v) is 9.77. The molecule has 0 radical (unpaired) electrons. The largest absolute Gasteiger partial charge is 0.452 e. The molecule has 7 heteroatoms. The Morgan fingerprint density at radius 3 is 2.37 bits per heavy atom. The molecule has 1 atom stereocenters. The van der Waals surface area contributed by atoms with Crippen molar-refractivity contribution in [1.82, 2.24) is 9.78 Å². The molecule has 162 valence electrons. The van der Waals surface area contributed by atoms with Crippen molar-refractivity contribution in [1.29, 1.82) is 0 Å². The molecule has 0 aliphatic heterocycles. The lowest BCUT2D eigenvalue weighted by Crippen LogP contribution is -2.20. The molecule has 0 amide bonds. The second-order valence-corrected chi connectivity index (χ2v) is 8.06. The van der Waals surface area contributed by atoms with E-state index in [1.54, 1.807) is 31.9 Å². The van der Waals surface area contributed by atoms with Gasteiger partial charge in [-0.3, -0.25) is 9.67 Å². The molecule has 2 rings (SSSR count). The van der Waals surface area contributed by atoms with Gasteiger partial charge >= 0.3 is 5.97 Å². The number of ether oxygens (including phenoxy) is 2. The van der Waals surface area contributed by atoms with Crippen molar-refractivity contribution in [3.05, 3.63) is 52.8 Å². The number of aromatic nitrogens is 2. The van der Waals surface area contributed by atoms with Crippen molar-refractivity contribution in [3.8, 4) is 0 Å². The van der Waals surface area contributed by atoms with Crippen LogP contribution in [0.1, 0.15) is 50.2 Å². The number of esters is 1. The maximum atomic E-state index is 12.6. The van der Waals surface area contributed by atoms with Gasteiger partial charge in [-0.2, -0.15) is 5.10 Å². The molecule has 1 aromatic carbocycles.